The summed E-state index contributed by atoms with van der Waals surface area (Å²) in [5.41, 5.74) is 5.50. The smallest absolute Gasteiger partial charge is 0.150 e. The molecule has 0 bridgehead atoms. The summed E-state index contributed by atoms with van der Waals surface area (Å²) in [6.45, 7) is 10.0. The third-order valence-corrected chi connectivity index (χ3v) is 6.48. The van der Waals surface area contributed by atoms with E-state index in [0.717, 1.165) is 45.1 Å². The van der Waals surface area contributed by atoms with Gasteiger partial charge in [0.15, 0.2) is 0 Å². The minimum absolute atomic E-state index is 0.247. The van der Waals surface area contributed by atoms with Crippen molar-refractivity contribution in [2.24, 2.45) is 0 Å². The number of pyridine rings is 2. The first-order valence-electron chi connectivity index (χ1n) is 13.2. The number of rotatable bonds is 6. The van der Waals surface area contributed by atoms with Crippen LogP contribution in [-0.4, -0.2) is 33.4 Å². The first kappa shape index (κ1) is 30.9. The van der Waals surface area contributed by atoms with Crippen molar-refractivity contribution in [3.63, 3.8) is 0 Å². The molecule has 0 unspecified atom stereocenters. The molecule has 0 radical (unpaired) electrons. The third-order valence-electron chi connectivity index (χ3n) is 6.18. The summed E-state index contributed by atoms with van der Waals surface area (Å²) < 4.78 is 13.8. The SMILES string of the molecule is CC.CNCc1ccc2[nH]cc(Cl)c2c1F.Cc1cnc2c(C(C)(C)O)cc(Cc3cc(C=O)ccn3)cc2c1. The maximum atomic E-state index is 13.8. The van der Waals surface area contributed by atoms with E-state index in [9.17, 15) is 14.3 Å². The number of aliphatic hydroxyl groups is 1. The van der Waals surface area contributed by atoms with Crippen molar-refractivity contribution in [1.82, 2.24) is 20.3 Å². The van der Waals surface area contributed by atoms with Gasteiger partial charge in [0, 0.05) is 64.8 Å². The van der Waals surface area contributed by atoms with Gasteiger partial charge in [-0.1, -0.05) is 37.6 Å². The van der Waals surface area contributed by atoms with Crippen molar-refractivity contribution in [1.29, 1.82) is 0 Å². The van der Waals surface area contributed by atoms with Crippen LogP contribution in [-0.2, 0) is 18.6 Å². The Bertz CT molecular complexity index is 1610. The second-order valence-corrected chi connectivity index (χ2v) is 10.2. The van der Waals surface area contributed by atoms with Crippen molar-refractivity contribution in [3.8, 4) is 0 Å². The van der Waals surface area contributed by atoms with Crippen molar-refractivity contribution in [2.45, 2.75) is 53.2 Å². The number of halogens is 2. The first-order valence-corrected chi connectivity index (χ1v) is 13.6. The summed E-state index contributed by atoms with van der Waals surface area (Å²) in [6, 6.07) is 13.2. The molecule has 0 saturated heterocycles. The summed E-state index contributed by atoms with van der Waals surface area (Å²) in [5.74, 6) is -0.247. The summed E-state index contributed by atoms with van der Waals surface area (Å²) >= 11 is 5.86. The zero-order valence-corrected chi connectivity index (χ0v) is 24.5. The van der Waals surface area contributed by atoms with Crippen LogP contribution in [0.2, 0.25) is 5.02 Å². The van der Waals surface area contributed by atoms with E-state index in [0.29, 0.717) is 34.5 Å². The Labute approximate surface area is 239 Å². The zero-order chi connectivity index (χ0) is 29.4. The summed E-state index contributed by atoms with van der Waals surface area (Å²) in [7, 11) is 1.78. The molecule has 3 N–H and O–H groups in total. The molecule has 0 spiro atoms. The fourth-order valence-electron chi connectivity index (χ4n) is 4.38. The number of carbonyl (C=O) groups excluding carboxylic acids is 1. The Morgan fingerprint density at radius 2 is 1.88 bits per heavy atom. The van der Waals surface area contributed by atoms with Crippen LogP contribution in [0.15, 0.2) is 61.1 Å². The van der Waals surface area contributed by atoms with Crippen LogP contribution in [0.3, 0.4) is 0 Å². The van der Waals surface area contributed by atoms with Crippen molar-refractivity contribution >= 4 is 39.7 Å². The lowest BCUT2D eigenvalue weighted by atomic mass is 9.91. The van der Waals surface area contributed by atoms with Gasteiger partial charge in [0.2, 0.25) is 0 Å². The molecule has 0 aliphatic heterocycles. The normalized spacial score (nSPS) is 11.0. The Kier molecular flexibility index (Phi) is 10.5. The number of aromatic nitrogens is 3. The lowest BCUT2D eigenvalue weighted by Crippen LogP contribution is -2.17. The van der Waals surface area contributed by atoms with Crippen molar-refractivity contribution in [2.75, 3.05) is 7.05 Å². The summed E-state index contributed by atoms with van der Waals surface area (Å²) in [5, 5.41) is 15.3. The van der Waals surface area contributed by atoms with E-state index in [-0.39, 0.29) is 5.82 Å². The van der Waals surface area contributed by atoms with Crippen molar-refractivity contribution < 1.29 is 14.3 Å². The topological polar surface area (TPSA) is 90.9 Å². The maximum absolute atomic E-state index is 13.8. The number of hydrogen-bond donors (Lipinski definition) is 3. The Morgan fingerprint density at radius 3 is 2.55 bits per heavy atom. The highest BCUT2D eigenvalue weighted by molar-refractivity contribution is 6.35. The highest BCUT2D eigenvalue weighted by atomic mass is 35.5. The van der Waals surface area contributed by atoms with Gasteiger partial charge in [0.05, 0.1) is 21.5 Å². The van der Waals surface area contributed by atoms with Gasteiger partial charge in [-0.05, 0) is 69.3 Å². The average molecular weight is 563 g/mol. The zero-order valence-electron chi connectivity index (χ0n) is 23.8. The fourth-order valence-corrected chi connectivity index (χ4v) is 4.62. The first-order chi connectivity index (χ1) is 19.1. The van der Waals surface area contributed by atoms with Gasteiger partial charge >= 0.3 is 0 Å². The second kappa shape index (κ2) is 13.6. The van der Waals surface area contributed by atoms with Crippen LogP contribution >= 0.6 is 11.6 Å². The molecular formula is C32H36ClFN4O2. The largest absolute Gasteiger partial charge is 0.386 e. The second-order valence-electron chi connectivity index (χ2n) is 9.79. The van der Waals surface area contributed by atoms with Gasteiger partial charge in [-0.25, -0.2) is 4.39 Å². The van der Waals surface area contributed by atoms with Crippen LogP contribution in [0, 0.1) is 12.7 Å². The molecule has 0 amide bonds. The lowest BCUT2D eigenvalue weighted by molar-refractivity contribution is 0.0799. The molecule has 210 valence electrons. The molecule has 8 heteroatoms. The average Bonchev–Trinajstić information content (AvgIpc) is 3.32. The molecule has 0 aliphatic rings. The Balaban J connectivity index is 0.000000234. The number of aryl methyl sites for hydroxylation is 1. The molecule has 6 nitrogen and oxygen atoms in total. The van der Waals surface area contributed by atoms with E-state index < -0.39 is 5.60 Å². The number of hydrogen-bond acceptors (Lipinski definition) is 5. The van der Waals surface area contributed by atoms with E-state index in [1.54, 1.807) is 51.5 Å². The van der Waals surface area contributed by atoms with E-state index in [1.807, 2.05) is 39.1 Å². The van der Waals surface area contributed by atoms with Gasteiger partial charge < -0.3 is 15.4 Å². The summed E-state index contributed by atoms with van der Waals surface area (Å²) in [6.07, 6.45) is 6.46. The van der Waals surface area contributed by atoms with Gasteiger partial charge in [-0.3, -0.25) is 14.8 Å². The van der Waals surface area contributed by atoms with E-state index in [2.05, 4.69) is 32.4 Å². The molecule has 0 aliphatic carbocycles. The number of aromatic amines is 1. The predicted octanol–water partition coefficient (Wildman–Crippen LogP) is 7.27. The molecule has 0 saturated carbocycles. The molecule has 5 aromatic rings. The monoisotopic (exact) mass is 562 g/mol. The molecule has 0 atom stereocenters. The Morgan fingerprint density at radius 1 is 1.12 bits per heavy atom. The standard InChI is InChI=1S/C20H20N2O2.C10H10ClFN2.C2H6/c1-13-6-16-7-15(9-17-8-14(12-23)4-5-21-17)10-18(20(2,3)24)19(16)22-11-13;1-13-4-6-2-3-8-9(10(6)12)7(11)5-14-8;1-2/h4-8,10-12,24H,9H2,1-3H3;2-3,5,13-14H,4H2,1H3;1-2H3. The highest BCUT2D eigenvalue weighted by Crippen LogP contribution is 2.30. The van der Waals surface area contributed by atoms with Gasteiger partial charge in [-0.2, -0.15) is 0 Å². The van der Waals surface area contributed by atoms with Crippen molar-refractivity contribution in [3.05, 3.63) is 105 Å². The summed E-state index contributed by atoms with van der Waals surface area (Å²) in [4.78, 5) is 22.7. The number of nitrogens with zero attached hydrogens (tertiary/aromatic N) is 2. The molecule has 3 heterocycles. The van der Waals surface area contributed by atoms with E-state index in [4.69, 9.17) is 11.6 Å². The minimum atomic E-state index is -0.991. The molecule has 3 aromatic heterocycles. The van der Waals surface area contributed by atoms with Crippen LogP contribution < -0.4 is 5.32 Å². The van der Waals surface area contributed by atoms with Gasteiger partial charge in [-0.15, -0.1) is 0 Å². The van der Waals surface area contributed by atoms with Gasteiger partial charge in [0.25, 0.3) is 0 Å². The van der Waals surface area contributed by atoms with Crippen LogP contribution in [0.5, 0.6) is 0 Å². The van der Waals surface area contributed by atoms with Crippen LogP contribution in [0.4, 0.5) is 4.39 Å². The minimum Gasteiger partial charge on any atom is -0.386 e. The van der Waals surface area contributed by atoms with E-state index >= 15 is 0 Å². The number of nitrogens with one attached hydrogen (secondary N) is 2. The molecule has 0 fully saturated rings. The number of fused-ring (bicyclic) bond motifs is 2. The fraction of sp³-hybridized carbons (Fsp3) is 0.281. The highest BCUT2D eigenvalue weighted by Gasteiger charge is 2.21. The number of aldehydes is 1. The quantitative estimate of drug-likeness (QED) is 0.189. The number of benzene rings is 2. The van der Waals surface area contributed by atoms with E-state index in [1.165, 1.54) is 0 Å². The molecular weight excluding hydrogens is 527 g/mol. The van der Waals surface area contributed by atoms with Crippen LogP contribution in [0.1, 0.15) is 66.0 Å². The lowest BCUT2D eigenvalue weighted by Gasteiger charge is -2.21. The molecule has 5 rings (SSSR count). The molecule has 2 aromatic carbocycles. The number of carbonyl (C=O) groups is 1. The maximum Gasteiger partial charge on any atom is 0.150 e. The third kappa shape index (κ3) is 7.30. The number of H-pyrrole nitrogens is 1. The predicted molar refractivity (Wildman–Crippen MR) is 162 cm³/mol. The molecule has 40 heavy (non-hydrogen) atoms. The Hall–Kier alpha value is -3.65. The van der Waals surface area contributed by atoms with Gasteiger partial charge in [0.1, 0.15) is 12.1 Å². The van der Waals surface area contributed by atoms with Crippen LogP contribution in [0.25, 0.3) is 21.8 Å².